The normalized spacial score (nSPS) is 10.3. The third-order valence-electron chi connectivity index (χ3n) is 2.38. The van der Waals surface area contributed by atoms with E-state index in [1.54, 1.807) is 0 Å². The largest absolute Gasteiger partial charge is 0.461 e. The van der Waals surface area contributed by atoms with Crippen LogP contribution in [-0.2, 0) is 4.74 Å². The van der Waals surface area contributed by atoms with Gasteiger partial charge in [0.15, 0.2) is 0 Å². The molecular weight excluding hydrogens is 208 g/mol. The van der Waals surface area contributed by atoms with E-state index >= 15 is 0 Å². The number of methoxy groups -OCH3 is 1. The SMILES string of the molecule is CCCCCCCCCCSC(=O)OC. The molecule has 0 radical (unpaired) electrons. The van der Waals surface area contributed by atoms with E-state index in [9.17, 15) is 4.79 Å². The summed E-state index contributed by atoms with van der Waals surface area (Å²) in [5.74, 6) is 0.904. The first-order chi connectivity index (χ1) is 7.31. The lowest BCUT2D eigenvalue weighted by Gasteiger charge is -2.01. The zero-order valence-electron chi connectivity index (χ0n) is 10.1. The number of ether oxygens (including phenoxy) is 1. The predicted molar refractivity (Wildman–Crippen MR) is 67.5 cm³/mol. The molecule has 2 nitrogen and oxygen atoms in total. The van der Waals surface area contributed by atoms with E-state index in [4.69, 9.17) is 0 Å². The van der Waals surface area contributed by atoms with Crippen molar-refractivity contribution in [3.8, 4) is 0 Å². The minimum absolute atomic E-state index is 0.155. The fourth-order valence-electron chi connectivity index (χ4n) is 1.45. The van der Waals surface area contributed by atoms with Gasteiger partial charge in [-0.1, -0.05) is 51.9 Å². The molecule has 0 aromatic carbocycles. The second-order valence-electron chi connectivity index (χ2n) is 3.78. The third kappa shape index (κ3) is 11.7. The molecule has 0 atom stereocenters. The van der Waals surface area contributed by atoms with E-state index in [1.807, 2.05) is 0 Å². The molecule has 0 aromatic rings. The molecule has 0 aliphatic carbocycles. The van der Waals surface area contributed by atoms with Crippen LogP contribution in [0, 0.1) is 0 Å². The van der Waals surface area contributed by atoms with Crippen LogP contribution in [0.3, 0.4) is 0 Å². The van der Waals surface area contributed by atoms with Crippen LogP contribution in [0.2, 0.25) is 0 Å². The molecule has 0 aromatic heterocycles. The zero-order chi connectivity index (χ0) is 11.4. The van der Waals surface area contributed by atoms with Gasteiger partial charge in [0.05, 0.1) is 7.11 Å². The van der Waals surface area contributed by atoms with Crippen LogP contribution in [0.1, 0.15) is 58.3 Å². The molecule has 0 saturated carbocycles. The molecule has 0 saturated heterocycles. The van der Waals surface area contributed by atoms with Gasteiger partial charge in [0.1, 0.15) is 0 Å². The molecule has 0 rings (SSSR count). The van der Waals surface area contributed by atoms with Crippen LogP contribution in [0.15, 0.2) is 0 Å². The summed E-state index contributed by atoms with van der Waals surface area (Å²) in [4.78, 5) is 10.8. The van der Waals surface area contributed by atoms with E-state index in [-0.39, 0.29) is 5.30 Å². The van der Waals surface area contributed by atoms with Crippen LogP contribution in [0.5, 0.6) is 0 Å². The molecule has 0 N–H and O–H groups in total. The van der Waals surface area contributed by atoms with Crippen LogP contribution in [0.25, 0.3) is 0 Å². The Balaban J connectivity index is 2.95. The second-order valence-corrected chi connectivity index (χ2v) is 4.81. The van der Waals surface area contributed by atoms with E-state index in [0.717, 1.165) is 12.2 Å². The van der Waals surface area contributed by atoms with Gasteiger partial charge in [-0.2, -0.15) is 0 Å². The van der Waals surface area contributed by atoms with E-state index < -0.39 is 0 Å². The molecule has 0 heterocycles. The first-order valence-electron chi connectivity index (χ1n) is 6.02. The highest BCUT2D eigenvalue weighted by molar-refractivity contribution is 8.13. The van der Waals surface area contributed by atoms with Gasteiger partial charge in [0.25, 0.3) is 0 Å². The Labute approximate surface area is 98.2 Å². The molecule has 0 bridgehead atoms. The highest BCUT2D eigenvalue weighted by atomic mass is 32.2. The van der Waals surface area contributed by atoms with Gasteiger partial charge in [0.2, 0.25) is 0 Å². The van der Waals surface area contributed by atoms with Crippen molar-refractivity contribution in [2.75, 3.05) is 12.9 Å². The van der Waals surface area contributed by atoms with Crippen molar-refractivity contribution in [2.45, 2.75) is 58.3 Å². The maximum Gasteiger partial charge on any atom is 0.367 e. The number of unbranched alkanes of at least 4 members (excludes halogenated alkanes) is 7. The molecule has 0 fully saturated rings. The van der Waals surface area contributed by atoms with E-state index in [2.05, 4.69) is 11.7 Å². The van der Waals surface area contributed by atoms with Gasteiger partial charge in [-0.25, -0.2) is 4.79 Å². The zero-order valence-corrected chi connectivity index (χ0v) is 10.9. The Bertz CT molecular complexity index is 149. The summed E-state index contributed by atoms with van der Waals surface area (Å²) < 4.78 is 4.55. The quantitative estimate of drug-likeness (QED) is 0.428. The summed E-state index contributed by atoms with van der Waals surface area (Å²) in [5.41, 5.74) is 0. The maximum atomic E-state index is 10.8. The topological polar surface area (TPSA) is 26.3 Å². The Morgan fingerprint density at radius 1 is 1.00 bits per heavy atom. The van der Waals surface area contributed by atoms with Crippen molar-refractivity contribution in [3.05, 3.63) is 0 Å². The van der Waals surface area contributed by atoms with Crippen LogP contribution in [0.4, 0.5) is 4.79 Å². The highest BCUT2D eigenvalue weighted by Crippen LogP contribution is 2.12. The summed E-state index contributed by atoms with van der Waals surface area (Å²) in [6.45, 7) is 2.24. The number of rotatable bonds is 9. The first-order valence-corrected chi connectivity index (χ1v) is 7.00. The second kappa shape index (κ2) is 11.9. The summed E-state index contributed by atoms with van der Waals surface area (Å²) in [7, 11) is 1.43. The molecule has 0 spiro atoms. The number of carbonyl (C=O) groups excluding carboxylic acids is 1. The van der Waals surface area contributed by atoms with Gasteiger partial charge >= 0.3 is 5.30 Å². The summed E-state index contributed by atoms with van der Waals surface area (Å²) >= 11 is 1.29. The van der Waals surface area contributed by atoms with E-state index in [1.165, 1.54) is 63.8 Å². The smallest absolute Gasteiger partial charge is 0.367 e. The lowest BCUT2D eigenvalue weighted by Crippen LogP contribution is -1.92. The molecule has 15 heavy (non-hydrogen) atoms. The van der Waals surface area contributed by atoms with Gasteiger partial charge in [-0.3, -0.25) is 0 Å². The van der Waals surface area contributed by atoms with Crippen molar-refractivity contribution in [3.63, 3.8) is 0 Å². The Morgan fingerprint density at radius 3 is 2.07 bits per heavy atom. The average molecular weight is 232 g/mol. The van der Waals surface area contributed by atoms with Crippen molar-refractivity contribution in [1.82, 2.24) is 0 Å². The van der Waals surface area contributed by atoms with Crippen molar-refractivity contribution in [2.24, 2.45) is 0 Å². The fraction of sp³-hybridized carbons (Fsp3) is 0.917. The molecule has 3 heteroatoms. The van der Waals surface area contributed by atoms with Crippen LogP contribution >= 0.6 is 11.8 Å². The summed E-state index contributed by atoms with van der Waals surface area (Å²) in [5, 5.41) is -0.155. The standard InChI is InChI=1S/C12H24O2S/c1-3-4-5-6-7-8-9-10-11-15-12(13)14-2/h3-11H2,1-2H3. The summed E-state index contributed by atoms with van der Waals surface area (Å²) in [6.07, 6.45) is 10.5. The Hall–Kier alpha value is -0.180. The lowest BCUT2D eigenvalue weighted by atomic mass is 10.1. The number of hydrogen-bond acceptors (Lipinski definition) is 3. The van der Waals surface area contributed by atoms with Crippen molar-refractivity contribution >= 4 is 17.1 Å². The number of thioether (sulfide) groups is 1. The van der Waals surface area contributed by atoms with Crippen LogP contribution < -0.4 is 0 Å². The lowest BCUT2D eigenvalue weighted by molar-refractivity contribution is 0.200. The molecule has 0 amide bonds. The predicted octanol–water partition coefficient (Wildman–Crippen LogP) is 4.63. The van der Waals surface area contributed by atoms with E-state index in [0.29, 0.717) is 0 Å². The molecule has 90 valence electrons. The minimum atomic E-state index is -0.155. The third-order valence-corrected chi connectivity index (χ3v) is 3.28. The fourth-order valence-corrected chi connectivity index (χ4v) is 2.08. The van der Waals surface area contributed by atoms with Crippen molar-refractivity contribution in [1.29, 1.82) is 0 Å². The monoisotopic (exact) mass is 232 g/mol. The van der Waals surface area contributed by atoms with Gasteiger partial charge < -0.3 is 4.74 Å². The number of carbonyl (C=O) groups is 1. The Morgan fingerprint density at radius 2 is 1.53 bits per heavy atom. The first kappa shape index (κ1) is 14.8. The molecular formula is C12H24O2S. The van der Waals surface area contributed by atoms with Crippen molar-refractivity contribution < 1.29 is 9.53 Å². The Kier molecular flexibility index (Phi) is 11.7. The number of hydrogen-bond donors (Lipinski definition) is 0. The maximum absolute atomic E-state index is 10.8. The van der Waals surface area contributed by atoms with Crippen LogP contribution in [-0.4, -0.2) is 18.2 Å². The molecule has 0 unspecified atom stereocenters. The van der Waals surface area contributed by atoms with Gasteiger partial charge in [-0.15, -0.1) is 0 Å². The minimum Gasteiger partial charge on any atom is -0.461 e. The van der Waals surface area contributed by atoms with Gasteiger partial charge in [-0.05, 0) is 18.2 Å². The average Bonchev–Trinajstić information content (AvgIpc) is 2.26. The summed E-state index contributed by atoms with van der Waals surface area (Å²) in [6, 6.07) is 0. The molecule has 0 aliphatic heterocycles. The van der Waals surface area contributed by atoms with Gasteiger partial charge in [0, 0.05) is 5.75 Å². The highest BCUT2D eigenvalue weighted by Gasteiger charge is 1.99. The molecule has 0 aliphatic rings.